The minimum absolute atomic E-state index is 0.267. The summed E-state index contributed by atoms with van der Waals surface area (Å²) in [4.78, 5) is 0. The van der Waals surface area contributed by atoms with Gasteiger partial charge in [0.2, 0.25) is 0 Å². The van der Waals surface area contributed by atoms with Crippen molar-refractivity contribution < 1.29 is 4.74 Å². The maximum atomic E-state index is 5.63. The van der Waals surface area contributed by atoms with Crippen molar-refractivity contribution in [2.45, 2.75) is 51.6 Å². The fourth-order valence-corrected chi connectivity index (χ4v) is 3.59. The highest BCUT2D eigenvalue weighted by Gasteiger charge is 2.49. The monoisotopic (exact) mass is 206 g/mol. The predicted molar refractivity (Wildman–Crippen MR) is 61.7 cm³/mol. The summed E-state index contributed by atoms with van der Waals surface area (Å²) in [6.07, 6.45) is 9.36. The Morgan fingerprint density at radius 3 is 2.93 bits per heavy atom. The van der Waals surface area contributed by atoms with Gasteiger partial charge in [-0.3, -0.25) is 0 Å². The molecular formula is C14H22O. The van der Waals surface area contributed by atoms with E-state index in [-0.39, 0.29) is 5.60 Å². The van der Waals surface area contributed by atoms with Crippen LogP contribution >= 0.6 is 0 Å². The van der Waals surface area contributed by atoms with Gasteiger partial charge in [0.1, 0.15) is 0 Å². The Morgan fingerprint density at radius 1 is 1.40 bits per heavy atom. The molecule has 2 aliphatic carbocycles. The summed E-state index contributed by atoms with van der Waals surface area (Å²) in [5.74, 6) is 2.63. The van der Waals surface area contributed by atoms with Gasteiger partial charge in [-0.25, -0.2) is 0 Å². The smallest absolute Gasteiger partial charge is 0.0916 e. The molecule has 0 aromatic heterocycles. The maximum absolute atomic E-state index is 5.63. The standard InChI is InChI=1S/C14H22O/c1-10-4-3-5-11-6-7-12(8-13(10)11)14(2)9-15-14/h5,10,12-13H,3-4,6-9H2,1-2H3/t10-,12-,13?,14?/m1/s1. The number of rotatable bonds is 1. The Labute approximate surface area is 92.9 Å². The molecular weight excluding hydrogens is 184 g/mol. The van der Waals surface area contributed by atoms with Crippen LogP contribution in [0.3, 0.4) is 0 Å². The van der Waals surface area contributed by atoms with E-state index >= 15 is 0 Å². The van der Waals surface area contributed by atoms with Gasteiger partial charge < -0.3 is 4.74 Å². The lowest BCUT2D eigenvalue weighted by molar-refractivity contribution is 0.155. The number of epoxide rings is 1. The first-order valence-electron chi connectivity index (χ1n) is 6.52. The Hall–Kier alpha value is -0.300. The Bertz CT molecular complexity index is 288. The number of hydrogen-bond donors (Lipinski definition) is 0. The van der Waals surface area contributed by atoms with Crippen LogP contribution in [0.25, 0.3) is 0 Å². The second-order valence-corrected chi connectivity index (χ2v) is 6.01. The topological polar surface area (TPSA) is 12.5 Å². The van der Waals surface area contributed by atoms with Crippen molar-refractivity contribution in [3.63, 3.8) is 0 Å². The summed E-state index contributed by atoms with van der Waals surface area (Å²) in [5.41, 5.74) is 2.04. The third-order valence-electron chi connectivity index (χ3n) is 4.97. The number of fused-ring (bicyclic) bond motifs is 1. The summed E-state index contributed by atoms with van der Waals surface area (Å²) >= 11 is 0. The molecule has 0 spiro atoms. The van der Waals surface area contributed by atoms with Gasteiger partial charge in [-0.05, 0) is 56.8 Å². The second kappa shape index (κ2) is 3.35. The van der Waals surface area contributed by atoms with Crippen LogP contribution in [-0.2, 0) is 4.74 Å². The van der Waals surface area contributed by atoms with Crippen LogP contribution in [0.15, 0.2) is 11.6 Å². The van der Waals surface area contributed by atoms with Gasteiger partial charge in [0, 0.05) is 0 Å². The van der Waals surface area contributed by atoms with Crippen molar-refractivity contribution in [1.82, 2.24) is 0 Å². The highest BCUT2D eigenvalue weighted by atomic mass is 16.6. The van der Waals surface area contributed by atoms with E-state index in [1.807, 2.05) is 0 Å². The molecule has 4 atom stereocenters. The van der Waals surface area contributed by atoms with Crippen LogP contribution in [0.5, 0.6) is 0 Å². The first-order chi connectivity index (χ1) is 7.19. The minimum atomic E-state index is 0.267. The lowest BCUT2D eigenvalue weighted by Crippen LogP contribution is -2.32. The molecule has 1 heteroatoms. The van der Waals surface area contributed by atoms with Gasteiger partial charge in [-0.2, -0.15) is 0 Å². The molecule has 0 aromatic carbocycles. The molecule has 1 saturated carbocycles. The zero-order valence-corrected chi connectivity index (χ0v) is 9.96. The average Bonchev–Trinajstić information content (AvgIpc) is 2.98. The van der Waals surface area contributed by atoms with Gasteiger partial charge in [0.25, 0.3) is 0 Å². The molecule has 0 N–H and O–H groups in total. The molecule has 1 saturated heterocycles. The van der Waals surface area contributed by atoms with E-state index < -0.39 is 0 Å². The zero-order valence-electron chi connectivity index (χ0n) is 9.96. The van der Waals surface area contributed by atoms with Gasteiger partial charge in [0.05, 0.1) is 12.2 Å². The van der Waals surface area contributed by atoms with Crippen molar-refractivity contribution in [2.75, 3.05) is 6.61 Å². The third-order valence-corrected chi connectivity index (χ3v) is 4.97. The van der Waals surface area contributed by atoms with E-state index in [1.165, 1.54) is 32.1 Å². The molecule has 1 aliphatic heterocycles. The SMILES string of the molecule is C[C@@H]1CCC=C2CC[C@@H](C3(C)CO3)CC21. The largest absolute Gasteiger partial charge is 0.370 e. The zero-order chi connectivity index (χ0) is 10.5. The lowest BCUT2D eigenvalue weighted by Gasteiger charge is -2.39. The fraction of sp³-hybridized carbons (Fsp3) is 0.857. The summed E-state index contributed by atoms with van der Waals surface area (Å²) < 4.78 is 5.63. The first kappa shape index (κ1) is 9.89. The van der Waals surface area contributed by atoms with Gasteiger partial charge in [0.15, 0.2) is 0 Å². The molecule has 15 heavy (non-hydrogen) atoms. The first-order valence-corrected chi connectivity index (χ1v) is 6.52. The van der Waals surface area contributed by atoms with Crippen molar-refractivity contribution >= 4 is 0 Å². The van der Waals surface area contributed by atoms with Gasteiger partial charge in [-0.1, -0.05) is 18.6 Å². The average molecular weight is 206 g/mol. The van der Waals surface area contributed by atoms with Gasteiger partial charge >= 0.3 is 0 Å². The van der Waals surface area contributed by atoms with E-state index in [0.717, 1.165) is 24.4 Å². The normalized spacial score (nSPS) is 49.5. The van der Waals surface area contributed by atoms with E-state index in [1.54, 1.807) is 5.57 Å². The molecule has 3 rings (SSSR count). The fourth-order valence-electron chi connectivity index (χ4n) is 3.59. The number of ether oxygens (including phenoxy) is 1. The lowest BCUT2D eigenvalue weighted by atomic mass is 9.66. The van der Waals surface area contributed by atoms with Crippen molar-refractivity contribution in [1.29, 1.82) is 0 Å². The van der Waals surface area contributed by atoms with E-state index in [9.17, 15) is 0 Å². The molecule has 2 fully saturated rings. The third kappa shape index (κ3) is 1.65. The van der Waals surface area contributed by atoms with Gasteiger partial charge in [-0.15, -0.1) is 0 Å². The molecule has 0 bridgehead atoms. The van der Waals surface area contributed by atoms with E-state index in [0.29, 0.717) is 0 Å². The number of allylic oxidation sites excluding steroid dienone is 2. The molecule has 1 heterocycles. The predicted octanol–water partition coefficient (Wildman–Crippen LogP) is 3.55. The Morgan fingerprint density at radius 2 is 2.20 bits per heavy atom. The van der Waals surface area contributed by atoms with E-state index in [4.69, 9.17) is 4.74 Å². The van der Waals surface area contributed by atoms with Crippen LogP contribution in [0, 0.1) is 17.8 Å². The summed E-state index contributed by atoms with van der Waals surface area (Å²) in [6.45, 7) is 5.76. The van der Waals surface area contributed by atoms with Crippen LogP contribution in [-0.4, -0.2) is 12.2 Å². The second-order valence-electron chi connectivity index (χ2n) is 6.01. The quantitative estimate of drug-likeness (QED) is 0.472. The summed E-state index contributed by atoms with van der Waals surface area (Å²) in [5, 5.41) is 0. The molecule has 84 valence electrons. The minimum Gasteiger partial charge on any atom is -0.370 e. The molecule has 0 radical (unpaired) electrons. The maximum Gasteiger partial charge on any atom is 0.0916 e. The molecule has 0 aromatic rings. The summed E-state index contributed by atoms with van der Waals surface area (Å²) in [7, 11) is 0. The van der Waals surface area contributed by atoms with Crippen molar-refractivity contribution in [3.05, 3.63) is 11.6 Å². The van der Waals surface area contributed by atoms with Crippen molar-refractivity contribution in [2.24, 2.45) is 17.8 Å². The summed E-state index contributed by atoms with van der Waals surface area (Å²) in [6, 6.07) is 0. The Balaban J connectivity index is 1.75. The number of hydrogen-bond acceptors (Lipinski definition) is 1. The molecule has 1 nitrogen and oxygen atoms in total. The van der Waals surface area contributed by atoms with Crippen LogP contribution in [0.2, 0.25) is 0 Å². The van der Waals surface area contributed by atoms with Crippen LogP contribution in [0.1, 0.15) is 46.0 Å². The van der Waals surface area contributed by atoms with Crippen molar-refractivity contribution in [3.8, 4) is 0 Å². The highest BCUT2D eigenvalue weighted by Crippen LogP contribution is 2.49. The molecule has 2 unspecified atom stereocenters. The Kier molecular flexibility index (Phi) is 2.21. The molecule has 0 amide bonds. The highest BCUT2D eigenvalue weighted by molar-refractivity contribution is 5.16. The van der Waals surface area contributed by atoms with Crippen LogP contribution < -0.4 is 0 Å². The van der Waals surface area contributed by atoms with Crippen LogP contribution in [0.4, 0.5) is 0 Å². The molecule has 3 aliphatic rings. The van der Waals surface area contributed by atoms with E-state index in [2.05, 4.69) is 19.9 Å².